The van der Waals surface area contributed by atoms with Crippen LogP contribution in [0.1, 0.15) is 21.7 Å². The van der Waals surface area contributed by atoms with Crippen LogP contribution in [-0.4, -0.2) is 42.5 Å². The summed E-state index contributed by atoms with van der Waals surface area (Å²) < 4.78 is 32.7. The Balaban J connectivity index is 1.54. The average Bonchev–Trinajstić information content (AvgIpc) is 3.26. The van der Waals surface area contributed by atoms with E-state index in [9.17, 15) is 13.6 Å². The van der Waals surface area contributed by atoms with E-state index < -0.39 is 6.61 Å². The zero-order chi connectivity index (χ0) is 22.1. The number of halogens is 2. The summed E-state index contributed by atoms with van der Waals surface area (Å²) in [7, 11) is 1.80. The predicted octanol–water partition coefficient (Wildman–Crippen LogP) is 4.35. The number of ketones is 1. The zero-order valence-corrected chi connectivity index (χ0v) is 17.9. The number of carbonyl (C=O) groups is 1. The number of aromatic nitrogens is 5. The van der Waals surface area contributed by atoms with E-state index in [1.54, 1.807) is 30.1 Å². The Bertz CT molecular complexity index is 1250. The van der Waals surface area contributed by atoms with Crippen LogP contribution >= 0.6 is 11.8 Å². The Labute approximate surface area is 181 Å². The molecule has 0 amide bonds. The van der Waals surface area contributed by atoms with Gasteiger partial charge in [-0.1, -0.05) is 11.8 Å². The standard InChI is InChI=1S/C21H19F2N5O2S/c1-12-8-16(13(2)28(12)14-4-6-15(7-5-14)30-21(22)23)18(29)10-31-20-17-9-26-27(3)19(17)24-11-25-20/h4-9,11,21H,10H2,1-3H3. The minimum absolute atomic E-state index is 0.0299. The van der Waals surface area contributed by atoms with E-state index in [2.05, 4.69) is 19.8 Å². The molecule has 3 aromatic heterocycles. The molecule has 160 valence electrons. The van der Waals surface area contributed by atoms with Gasteiger partial charge in [-0.15, -0.1) is 0 Å². The Morgan fingerprint density at radius 2 is 1.94 bits per heavy atom. The largest absolute Gasteiger partial charge is 0.435 e. The first-order valence-corrected chi connectivity index (χ1v) is 10.4. The molecule has 0 aliphatic heterocycles. The Morgan fingerprint density at radius 3 is 2.65 bits per heavy atom. The number of hydrogen-bond acceptors (Lipinski definition) is 6. The molecule has 0 bridgehead atoms. The van der Waals surface area contributed by atoms with Crippen molar-refractivity contribution in [3.63, 3.8) is 0 Å². The Morgan fingerprint density at radius 1 is 1.19 bits per heavy atom. The minimum atomic E-state index is -2.87. The van der Waals surface area contributed by atoms with Crippen LogP contribution in [0, 0.1) is 13.8 Å². The van der Waals surface area contributed by atoms with Crippen LogP contribution in [0.2, 0.25) is 0 Å². The Kier molecular flexibility index (Phi) is 5.73. The van der Waals surface area contributed by atoms with Gasteiger partial charge in [0.2, 0.25) is 0 Å². The molecule has 0 radical (unpaired) electrons. The second-order valence-electron chi connectivity index (χ2n) is 6.89. The third-order valence-corrected chi connectivity index (χ3v) is 5.89. The van der Waals surface area contributed by atoms with Gasteiger partial charge in [0.05, 0.1) is 17.3 Å². The zero-order valence-electron chi connectivity index (χ0n) is 17.0. The van der Waals surface area contributed by atoms with Gasteiger partial charge >= 0.3 is 6.61 Å². The van der Waals surface area contributed by atoms with E-state index in [0.717, 1.165) is 22.5 Å². The lowest BCUT2D eigenvalue weighted by atomic mass is 10.2. The lowest BCUT2D eigenvalue weighted by Gasteiger charge is -2.11. The molecule has 7 nitrogen and oxygen atoms in total. The van der Waals surface area contributed by atoms with Gasteiger partial charge in [-0.2, -0.15) is 13.9 Å². The van der Waals surface area contributed by atoms with E-state index in [1.807, 2.05) is 24.5 Å². The van der Waals surface area contributed by atoms with Crippen molar-refractivity contribution in [3.8, 4) is 11.4 Å². The van der Waals surface area contributed by atoms with Gasteiger partial charge < -0.3 is 9.30 Å². The topological polar surface area (TPSA) is 74.8 Å². The number of aryl methyl sites for hydroxylation is 2. The predicted molar refractivity (Wildman–Crippen MR) is 113 cm³/mol. The SMILES string of the molecule is Cc1cc(C(=O)CSc2ncnc3c2cnn3C)c(C)n1-c1ccc(OC(F)F)cc1. The first kappa shape index (κ1) is 21.0. The highest BCUT2D eigenvalue weighted by atomic mass is 32.2. The smallest absolute Gasteiger partial charge is 0.387 e. The molecule has 0 saturated carbocycles. The fraction of sp³-hybridized carbons (Fsp3) is 0.238. The van der Waals surface area contributed by atoms with Crippen molar-refractivity contribution < 1.29 is 18.3 Å². The molecule has 0 fully saturated rings. The number of ether oxygens (including phenoxy) is 1. The monoisotopic (exact) mass is 443 g/mol. The van der Waals surface area contributed by atoms with Crippen LogP contribution in [-0.2, 0) is 7.05 Å². The quantitative estimate of drug-likeness (QED) is 0.240. The molecule has 4 aromatic rings. The molecule has 0 aliphatic carbocycles. The first-order chi connectivity index (χ1) is 14.8. The molecular formula is C21H19F2N5O2S. The molecule has 0 spiro atoms. The summed E-state index contributed by atoms with van der Waals surface area (Å²) >= 11 is 1.34. The fourth-order valence-corrected chi connectivity index (χ4v) is 4.33. The summed E-state index contributed by atoms with van der Waals surface area (Å²) in [5.41, 5.74) is 3.72. The van der Waals surface area contributed by atoms with Gasteiger partial charge in [-0.3, -0.25) is 9.48 Å². The third kappa shape index (κ3) is 4.15. The van der Waals surface area contributed by atoms with E-state index in [-0.39, 0.29) is 17.3 Å². The summed E-state index contributed by atoms with van der Waals surface area (Å²) in [6.07, 6.45) is 3.15. The maximum absolute atomic E-state index is 13.0. The number of alkyl halides is 2. The van der Waals surface area contributed by atoms with Crippen molar-refractivity contribution in [2.75, 3.05) is 5.75 Å². The van der Waals surface area contributed by atoms with Crippen LogP contribution in [0.25, 0.3) is 16.7 Å². The summed E-state index contributed by atoms with van der Waals surface area (Å²) in [5.74, 6) is 0.269. The number of rotatable bonds is 7. The second kappa shape index (κ2) is 8.46. The highest BCUT2D eigenvalue weighted by Crippen LogP contribution is 2.27. The lowest BCUT2D eigenvalue weighted by molar-refractivity contribution is -0.0498. The van der Waals surface area contributed by atoms with Crippen LogP contribution in [0.5, 0.6) is 5.75 Å². The summed E-state index contributed by atoms with van der Waals surface area (Å²) in [4.78, 5) is 21.4. The van der Waals surface area contributed by atoms with Gasteiger partial charge in [0.25, 0.3) is 0 Å². The third-order valence-electron chi connectivity index (χ3n) is 4.88. The molecular weight excluding hydrogens is 424 g/mol. The number of hydrogen-bond donors (Lipinski definition) is 0. The molecule has 0 atom stereocenters. The van der Waals surface area contributed by atoms with Gasteiger partial charge in [0.15, 0.2) is 11.4 Å². The van der Waals surface area contributed by atoms with Crippen molar-refractivity contribution in [1.29, 1.82) is 0 Å². The van der Waals surface area contributed by atoms with Crippen LogP contribution in [0.15, 0.2) is 47.9 Å². The minimum Gasteiger partial charge on any atom is -0.435 e. The van der Waals surface area contributed by atoms with Crippen molar-refractivity contribution in [2.24, 2.45) is 7.05 Å². The van der Waals surface area contributed by atoms with E-state index in [4.69, 9.17) is 0 Å². The van der Waals surface area contributed by atoms with Crippen molar-refractivity contribution in [3.05, 3.63) is 59.8 Å². The maximum atomic E-state index is 13.0. The highest BCUT2D eigenvalue weighted by Gasteiger charge is 2.18. The number of nitrogens with zero attached hydrogens (tertiary/aromatic N) is 5. The normalized spacial score (nSPS) is 11.4. The molecule has 0 saturated heterocycles. The van der Waals surface area contributed by atoms with Crippen molar-refractivity contribution >= 4 is 28.6 Å². The number of carbonyl (C=O) groups excluding carboxylic acids is 1. The van der Waals surface area contributed by atoms with Crippen LogP contribution in [0.4, 0.5) is 8.78 Å². The number of fused-ring (bicyclic) bond motifs is 1. The number of benzene rings is 1. The molecule has 10 heteroatoms. The van der Waals surface area contributed by atoms with E-state index in [0.29, 0.717) is 16.2 Å². The number of Topliss-reactive ketones (excluding diaryl/α,β-unsaturated/α-hetero) is 1. The fourth-order valence-electron chi connectivity index (χ4n) is 3.49. The van der Waals surface area contributed by atoms with Crippen molar-refractivity contribution in [2.45, 2.75) is 25.5 Å². The lowest BCUT2D eigenvalue weighted by Crippen LogP contribution is -2.06. The molecule has 0 N–H and O–H groups in total. The molecule has 0 unspecified atom stereocenters. The van der Waals surface area contributed by atoms with Gasteiger partial charge in [-0.25, -0.2) is 9.97 Å². The molecule has 4 rings (SSSR count). The average molecular weight is 443 g/mol. The summed E-state index contributed by atoms with van der Waals surface area (Å²) in [6.45, 7) is 0.883. The highest BCUT2D eigenvalue weighted by molar-refractivity contribution is 8.00. The molecule has 31 heavy (non-hydrogen) atoms. The van der Waals surface area contributed by atoms with Crippen LogP contribution in [0.3, 0.4) is 0 Å². The number of thioether (sulfide) groups is 1. The molecule has 1 aromatic carbocycles. The summed E-state index contributed by atoms with van der Waals surface area (Å²) in [6, 6.07) is 8.15. The molecule has 0 aliphatic rings. The van der Waals surface area contributed by atoms with Gasteiger partial charge in [0, 0.05) is 29.7 Å². The first-order valence-electron chi connectivity index (χ1n) is 9.38. The Hall–Kier alpha value is -3.27. The second-order valence-corrected chi connectivity index (χ2v) is 7.85. The summed E-state index contributed by atoms with van der Waals surface area (Å²) in [5, 5.41) is 5.70. The van der Waals surface area contributed by atoms with Crippen molar-refractivity contribution in [1.82, 2.24) is 24.3 Å². The molecule has 3 heterocycles. The van der Waals surface area contributed by atoms with E-state index in [1.165, 1.54) is 30.2 Å². The van der Waals surface area contributed by atoms with E-state index >= 15 is 0 Å². The maximum Gasteiger partial charge on any atom is 0.387 e. The van der Waals surface area contributed by atoms with Crippen LogP contribution < -0.4 is 4.74 Å². The van der Waals surface area contributed by atoms with Gasteiger partial charge in [-0.05, 0) is 44.2 Å². The van der Waals surface area contributed by atoms with Gasteiger partial charge in [0.1, 0.15) is 17.1 Å².